The highest BCUT2D eigenvalue weighted by atomic mass is 31.1. The van der Waals surface area contributed by atoms with Crippen LogP contribution in [0.2, 0.25) is 0 Å². The molecule has 0 bridgehead atoms. The number of hydrogen-bond donors (Lipinski definition) is 2. The van der Waals surface area contributed by atoms with Gasteiger partial charge in [-0.2, -0.15) is 0 Å². The van der Waals surface area contributed by atoms with Crippen molar-refractivity contribution in [2.45, 2.75) is 57.8 Å². The second kappa shape index (κ2) is 10.9. The highest BCUT2D eigenvalue weighted by molar-refractivity contribution is 7.39. The first-order chi connectivity index (χ1) is 8.11. The number of rotatable bonds is 6. The van der Waals surface area contributed by atoms with Crippen LogP contribution in [-0.4, -0.2) is 35.7 Å². The lowest BCUT2D eigenvalue weighted by Gasteiger charge is -2.05. The number of carboxylic acid groups (broad SMARTS) is 1. The lowest BCUT2D eigenvalue weighted by atomic mass is 10.2. The third-order valence-corrected chi connectivity index (χ3v) is 3.93. The van der Waals surface area contributed by atoms with Crippen LogP contribution < -0.4 is 5.73 Å². The monoisotopic (exact) mass is 263 g/mol. The molecule has 0 aromatic heterocycles. The van der Waals surface area contributed by atoms with E-state index in [9.17, 15) is 4.79 Å². The minimum Gasteiger partial charge on any atom is -0.480 e. The van der Waals surface area contributed by atoms with E-state index in [4.69, 9.17) is 15.6 Å². The summed E-state index contributed by atoms with van der Waals surface area (Å²) in [6.07, 6.45) is 6.66. The van der Waals surface area contributed by atoms with Crippen LogP contribution in [-0.2, 0) is 9.53 Å². The second-order valence-electron chi connectivity index (χ2n) is 4.19. The molecule has 1 saturated heterocycles. The molecule has 1 fully saturated rings. The topological polar surface area (TPSA) is 72.6 Å². The molecular weight excluding hydrogens is 237 g/mol. The van der Waals surface area contributed by atoms with Gasteiger partial charge in [0.2, 0.25) is 0 Å². The van der Waals surface area contributed by atoms with E-state index in [1.54, 1.807) is 0 Å². The number of unbranched alkanes of at least 4 members (excludes halogenated alkanes) is 1. The maximum absolute atomic E-state index is 9.96. The van der Waals surface area contributed by atoms with Gasteiger partial charge in [0, 0.05) is 0 Å². The summed E-state index contributed by atoms with van der Waals surface area (Å²) in [4.78, 5) is 9.96. The van der Waals surface area contributed by atoms with Gasteiger partial charge in [-0.05, 0) is 19.0 Å². The van der Waals surface area contributed by atoms with E-state index in [1.807, 2.05) is 6.92 Å². The fraction of sp³-hybridized carbons (Fsp3) is 0.917. The van der Waals surface area contributed by atoms with Crippen LogP contribution in [0.15, 0.2) is 0 Å². The molecule has 5 heteroatoms. The van der Waals surface area contributed by atoms with Gasteiger partial charge in [0.25, 0.3) is 0 Å². The third-order valence-electron chi connectivity index (χ3n) is 2.53. The average molecular weight is 263 g/mol. The molecule has 0 aromatic carbocycles. The van der Waals surface area contributed by atoms with Gasteiger partial charge in [-0.1, -0.05) is 41.7 Å². The number of carbonyl (C=O) groups is 1. The average Bonchev–Trinajstić information content (AvgIpc) is 2.80. The zero-order chi connectivity index (χ0) is 13.1. The summed E-state index contributed by atoms with van der Waals surface area (Å²) < 4.78 is 5.47. The van der Waals surface area contributed by atoms with Crippen molar-refractivity contribution in [3.05, 3.63) is 0 Å². The van der Waals surface area contributed by atoms with Crippen LogP contribution in [0.4, 0.5) is 0 Å². The molecule has 3 atom stereocenters. The molecule has 17 heavy (non-hydrogen) atoms. The molecule has 0 spiro atoms. The zero-order valence-electron chi connectivity index (χ0n) is 10.9. The molecule has 0 amide bonds. The highest BCUT2D eigenvalue weighted by Gasteiger charge is 2.13. The smallest absolute Gasteiger partial charge is 0.320 e. The van der Waals surface area contributed by atoms with Gasteiger partial charge in [0.05, 0.1) is 12.5 Å². The van der Waals surface area contributed by atoms with E-state index in [0.29, 0.717) is 12.3 Å². The second-order valence-corrected chi connectivity index (χ2v) is 5.74. The molecule has 0 aromatic rings. The molecule has 3 N–H and O–H groups in total. The zero-order valence-corrected chi connectivity index (χ0v) is 11.9. The summed E-state index contributed by atoms with van der Waals surface area (Å²) in [6.45, 7) is 5.16. The largest absolute Gasteiger partial charge is 0.480 e. The van der Waals surface area contributed by atoms with Gasteiger partial charge < -0.3 is 15.6 Å². The Kier molecular flexibility index (Phi) is 10.8. The van der Waals surface area contributed by atoms with Crippen molar-refractivity contribution >= 4 is 14.6 Å². The van der Waals surface area contributed by atoms with Crippen molar-refractivity contribution in [1.82, 2.24) is 0 Å². The van der Waals surface area contributed by atoms with Crippen molar-refractivity contribution in [2.75, 3.05) is 12.8 Å². The Morgan fingerprint density at radius 1 is 1.53 bits per heavy atom. The maximum atomic E-state index is 9.96. The standard InChI is InChI=1S/C7H15OP.C5H11NO2/c1-2-3-4-7-8-5-6-9-7;1-2-3-4(6)5(7)8/h7,9H,2-6H2,1H3;4H,2-3,6H2,1H3,(H,7,8). The molecule has 1 aliphatic rings. The van der Waals surface area contributed by atoms with Gasteiger partial charge in [-0.25, -0.2) is 0 Å². The van der Waals surface area contributed by atoms with Gasteiger partial charge in [0.1, 0.15) is 6.04 Å². The van der Waals surface area contributed by atoms with Crippen LogP contribution in [0.1, 0.15) is 46.0 Å². The van der Waals surface area contributed by atoms with Crippen molar-refractivity contribution in [1.29, 1.82) is 0 Å². The van der Waals surface area contributed by atoms with Crippen molar-refractivity contribution < 1.29 is 14.6 Å². The van der Waals surface area contributed by atoms with Crippen LogP contribution in [0, 0.1) is 0 Å². The molecule has 1 heterocycles. The Morgan fingerprint density at radius 2 is 2.24 bits per heavy atom. The molecule has 0 aliphatic carbocycles. The molecular formula is C12H26NO3P. The fourth-order valence-electron chi connectivity index (χ4n) is 1.49. The van der Waals surface area contributed by atoms with Crippen LogP contribution in [0.3, 0.4) is 0 Å². The normalized spacial score (nSPS) is 21.9. The van der Waals surface area contributed by atoms with E-state index < -0.39 is 12.0 Å². The van der Waals surface area contributed by atoms with E-state index in [2.05, 4.69) is 6.92 Å². The lowest BCUT2D eigenvalue weighted by Crippen LogP contribution is -2.29. The summed E-state index contributed by atoms with van der Waals surface area (Å²) >= 11 is 0. The lowest BCUT2D eigenvalue weighted by molar-refractivity contribution is -0.138. The summed E-state index contributed by atoms with van der Waals surface area (Å²) in [5.41, 5.74) is 5.13. The summed E-state index contributed by atoms with van der Waals surface area (Å²) in [6, 6.07) is -0.667. The SMILES string of the molecule is CCCC(N)C(=O)O.CCCCC1OCCP1. The molecule has 0 saturated carbocycles. The van der Waals surface area contributed by atoms with E-state index in [1.165, 1.54) is 25.4 Å². The van der Waals surface area contributed by atoms with Gasteiger partial charge >= 0.3 is 5.97 Å². The summed E-state index contributed by atoms with van der Waals surface area (Å²) in [5.74, 6) is -0.267. The van der Waals surface area contributed by atoms with Crippen LogP contribution >= 0.6 is 8.58 Å². The molecule has 4 nitrogen and oxygen atoms in total. The molecule has 3 unspecified atom stereocenters. The predicted octanol–water partition coefficient (Wildman–Crippen LogP) is 2.41. The Labute approximate surface area is 106 Å². The predicted molar refractivity (Wildman–Crippen MR) is 73.0 cm³/mol. The highest BCUT2D eigenvalue weighted by Crippen LogP contribution is 2.30. The molecule has 0 radical (unpaired) electrons. The Hall–Kier alpha value is -0.180. The van der Waals surface area contributed by atoms with Gasteiger partial charge in [0.15, 0.2) is 0 Å². The summed E-state index contributed by atoms with van der Waals surface area (Å²) in [7, 11) is 1.09. The Bertz CT molecular complexity index is 196. The molecule has 1 aliphatic heterocycles. The minimum atomic E-state index is -0.910. The van der Waals surface area contributed by atoms with E-state index in [0.717, 1.165) is 21.6 Å². The fourth-order valence-corrected chi connectivity index (χ4v) is 2.69. The first-order valence-corrected chi connectivity index (χ1v) is 7.73. The van der Waals surface area contributed by atoms with Crippen LogP contribution in [0.5, 0.6) is 0 Å². The third kappa shape index (κ3) is 9.51. The summed E-state index contributed by atoms with van der Waals surface area (Å²) in [5, 5.41) is 8.19. The van der Waals surface area contributed by atoms with Crippen molar-refractivity contribution in [2.24, 2.45) is 5.73 Å². The number of aliphatic carboxylic acids is 1. The van der Waals surface area contributed by atoms with Gasteiger partial charge in [-0.15, -0.1) is 0 Å². The maximum Gasteiger partial charge on any atom is 0.320 e. The Balaban J connectivity index is 0.000000304. The van der Waals surface area contributed by atoms with E-state index in [-0.39, 0.29) is 0 Å². The quantitative estimate of drug-likeness (QED) is 0.722. The van der Waals surface area contributed by atoms with Crippen molar-refractivity contribution in [3.8, 4) is 0 Å². The van der Waals surface area contributed by atoms with Crippen LogP contribution in [0.25, 0.3) is 0 Å². The first-order valence-electron chi connectivity index (χ1n) is 6.45. The number of ether oxygens (including phenoxy) is 1. The van der Waals surface area contributed by atoms with Crippen molar-refractivity contribution in [3.63, 3.8) is 0 Å². The minimum absolute atomic E-state index is 0.565. The molecule has 102 valence electrons. The number of nitrogens with two attached hydrogens (primary N) is 1. The number of carboxylic acids is 1. The van der Waals surface area contributed by atoms with E-state index >= 15 is 0 Å². The first kappa shape index (κ1) is 16.8. The molecule has 1 rings (SSSR count). The Morgan fingerprint density at radius 3 is 2.59 bits per heavy atom. The number of hydrogen-bond acceptors (Lipinski definition) is 3. The van der Waals surface area contributed by atoms with Gasteiger partial charge in [-0.3, -0.25) is 4.79 Å².